The van der Waals surface area contributed by atoms with Crippen molar-refractivity contribution in [2.75, 3.05) is 32.8 Å². The Morgan fingerprint density at radius 3 is 1.35 bits per heavy atom. The Hall–Kier alpha value is -0.160. The Morgan fingerprint density at radius 2 is 0.925 bits per heavy atom. The monoisotopic (exact) mass is 567 g/mol. The van der Waals surface area contributed by atoms with Gasteiger partial charge in [0, 0.05) is 32.8 Å². The van der Waals surface area contributed by atoms with E-state index in [-0.39, 0.29) is 12.3 Å². The number of ether oxygens (including phenoxy) is 2. The zero-order valence-corrected chi connectivity index (χ0v) is 28.0. The van der Waals surface area contributed by atoms with E-state index in [1.807, 2.05) is 0 Å². The topological polar surface area (TPSA) is 33.7 Å². The highest BCUT2D eigenvalue weighted by molar-refractivity contribution is 4.85. The van der Waals surface area contributed by atoms with Crippen LogP contribution in [-0.2, 0) is 9.47 Å². The van der Waals surface area contributed by atoms with Crippen molar-refractivity contribution in [2.45, 2.75) is 200 Å². The van der Waals surface area contributed by atoms with Crippen LogP contribution in [0.4, 0.5) is 0 Å². The van der Waals surface area contributed by atoms with Gasteiger partial charge >= 0.3 is 0 Å². The van der Waals surface area contributed by atoms with Crippen LogP contribution in [0.25, 0.3) is 0 Å². The molecule has 0 spiro atoms. The first-order valence-corrected chi connectivity index (χ1v) is 18.4. The van der Waals surface area contributed by atoms with Crippen LogP contribution in [0, 0.1) is 0 Å². The fraction of sp³-hybridized carbons (Fsp3) is 1.00. The van der Waals surface area contributed by atoms with E-state index in [4.69, 9.17) is 9.47 Å². The third-order valence-corrected chi connectivity index (χ3v) is 9.07. The summed E-state index contributed by atoms with van der Waals surface area (Å²) in [6, 6.07) is 0.406. The molecule has 4 nitrogen and oxygen atoms in total. The molecule has 0 aromatic heterocycles. The van der Waals surface area contributed by atoms with Gasteiger partial charge in [0.15, 0.2) is 0 Å². The third-order valence-electron chi connectivity index (χ3n) is 9.07. The number of nitrogens with one attached hydrogen (secondary N) is 1. The molecule has 1 fully saturated rings. The van der Waals surface area contributed by atoms with Crippen LogP contribution in [-0.4, -0.2) is 56.1 Å². The molecule has 240 valence electrons. The summed E-state index contributed by atoms with van der Waals surface area (Å²) >= 11 is 0. The Bertz CT molecular complexity index is 459. The lowest BCUT2D eigenvalue weighted by Gasteiger charge is -2.42. The van der Waals surface area contributed by atoms with E-state index in [0.717, 1.165) is 32.8 Å². The second kappa shape index (κ2) is 28.9. The lowest BCUT2D eigenvalue weighted by molar-refractivity contribution is -0.108. The number of rotatable bonds is 30. The largest absolute Gasteiger partial charge is 0.377 e. The molecular weight excluding hydrogens is 492 g/mol. The quantitative estimate of drug-likeness (QED) is 0.0877. The van der Waals surface area contributed by atoms with Gasteiger partial charge in [-0.15, -0.1) is 0 Å². The number of nitrogens with zero attached hydrogens (tertiary/aromatic N) is 1. The van der Waals surface area contributed by atoms with Crippen LogP contribution >= 0.6 is 0 Å². The lowest BCUT2D eigenvalue weighted by Crippen LogP contribution is -2.59. The molecule has 0 bridgehead atoms. The molecule has 0 aromatic rings. The predicted molar refractivity (Wildman–Crippen MR) is 176 cm³/mol. The van der Waals surface area contributed by atoms with E-state index in [2.05, 4.69) is 37.9 Å². The van der Waals surface area contributed by atoms with Crippen LogP contribution < -0.4 is 5.32 Å². The highest BCUT2D eigenvalue weighted by Gasteiger charge is 2.31. The number of unbranched alkanes of at least 4 members (excludes halogenated alkanes) is 22. The van der Waals surface area contributed by atoms with Crippen LogP contribution in [0.1, 0.15) is 182 Å². The fourth-order valence-corrected chi connectivity index (χ4v) is 6.24. The fourth-order valence-electron chi connectivity index (χ4n) is 6.24. The van der Waals surface area contributed by atoms with Gasteiger partial charge in [0.1, 0.15) is 6.23 Å². The summed E-state index contributed by atoms with van der Waals surface area (Å²) in [6.07, 6.45) is 33.8. The standard InChI is InChI=1S/C36H74N2O2/c1-5-7-9-11-13-15-17-19-21-23-25-27-31-39-34(3)36-33-37-29-30-38(36)35(4)40-32-28-26-24-22-20-18-16-14-12-10-8-6-2/h34-37H,5-33H2,1-4H3. The first-order valence-electron chi connectivity index (χ1n) is 18.4. The molecule has 40 heavy (non-hydrogen) atoms. The Labute approximate surface area is 252 Å². The first kappa shape index (κ1) is 37.9. The second-order valence-electron chi connectivity index (χ2n) is 12.8. The summed E-state index contributed by atoms with van der Waals surface area (Å²) in [6.45, 7) is 14.0. The average molecular weight is 567 g/mol. The van der Waals surface area contributed by atoms with E-state index >= 15 is 0 Å². The van der Waals surface area contributed by atoms with Gasteiger partial charge < -0.3 is 14.8 Å². The Morgan fingerprint density at radius 1 is 0.550 bits per heavy atom. The average Bonchev–Trinajstić information content (AvgIpc) is 2.97. The summed E-state index contributed by atoms with van der Waals surface area (Å²) in [5.41, 5.74) is 0. The van der Waals surface area contributed by atoms with E-state index < -0.39 is 0 Å². The van der Waals surface area contributed by atoms with Gasteiger partial charge in [-0.1, -0.05) is 155 Å². The van der Waals surface area contributed by atoms with Crippen molar-refractivity contribution in [3.05, 3.63) is 0 Å². The van der Waals surface area contributed by atoms with Crippen molar-refractivity contribution in [1.82, 2.24) is 10.2 Å². The van der Waals surface area contributed by atoms with E-state index in [9.17, 15) is 0 Å². The maximum Gasteiger partial charge on any atom is 0.108 e. The molecule has 0 amide bonds. The van der Waals surface area contributed by atoms with Crippen molar-refractivity contribution in [2.24, 2.45) is 0 Å². The van der Waals surface area contributed by atoms with Crippen molar-refractivity contribution < 1.29 is 9.47 Å². The predicted octanol–water partition coefficient (Wildman–Crippen LogP) is 10.4. The SMILES string of the molecule is CCCCCCCCCCCCCCOC(C)C1CNCCN1C(C)OCCCCCCCCCCCCCC. The van der Waals surface area contributed by atoms with E-state index in [1.54, 1.807) is 0 Å². The van der Waals surface area contributed by atoms with Gasteiger partial charge in [0.2, 0.25) is 0 Å². The van der Waals surface area contributed by atoms with E-state index in [0.29, 0.717) is 6.04 Å². The van der Waals surface area contributed by atoms with Crippen LogP contribution in [0.5, 0.6) is 0 Å². The van der Waals surface area contributed by atoms with Gasteiger partial charge in [-0.3, -0.25) is 4.90 Å². The smallest absolute Gasteiger partial charge is 0.108 e. The summed E-state index contributed by atoms with van der Waals surface area (Å²) < 4.78 is 12.7. The van der Waals surface area contributed by atoms with Crippen molar-refractivity contribution in [3.8, 4) is 0 Å². The van der Waals surface area contributed by atoms with Gasteiger partial charge in [0.05, 0.1) is 12.1 Å². The highest BCUT2D eigenvalue weighted by atomic mass is 16.5. The number of piperazine rings is 1. The molecule has 1 heterocycles. The zero-order valence-electron chi connectivity index (χ0n) is 28.0. The van der Waals surface area contributed by atoms with Gasteiger partial charge in [-0.05, 0) is 26.7 Å². The lowest BCUT2D eigenvalue weighted by atomic mass is 10.1. The van der Waals surface area contributed by atoms with Crippen LogP contribution in [0.3, 0.4) is 0 Å². The molecule has 3 atom stereocenters. The third kappa shape index (κ3) is 21.5. The van der Waals surface area contributed by atoms with Crippen molar-refractivity contribution in [1.29, 1.82) is 0 Å². The Balaban J connectivity index is 2.02. The second-order valence-corrected chi connectivity index (χ2v) is 12.8. The van der Waals surface area contributed by atoms with Crippen LogP contribution in [0.2, 0.25) is 0 Å². The maximum absolute atomic E-state index is 6.34. The summed E-state index contributed by atoms with van der Waals surface area (Å²) in [5.74, 6) is 0. The number of hydrogen-bond acceptors (Lipinski definition) is 4. The molecule has 0 radical (unpaired) electrons. The molecule has 0 saturated carbocycles. The molecule has 1 N–H and O–H groups in total. The minimum absolute atomic E-state index is 0.178. The molecule has 1 aliphatic heterocycles. The summed E-state index contributed by atoms with van der Waals surface area (Å²) in [4.78, 5) is 2.55. The molecule has 4 heteroatoms. The molecular formula is C36H74N2O2. The van der Waals surface area contributed by atoms with Gasteiger partial charge in [0.25, 0.3) is 0 Å². The molecule has 0 aliphatic carbocycles. The maximum atomic E-state index is 6.34. The molecule has 3 unspecified atom stereocenters. The summed E-state index contributed by atoms with van der Waals surface area (Å²) in [7, 11) is 0. The normalized spacial score (nSPS) is 17.9. The first-order chi connectivity index (χ1) is 19.7. The Kier molecular flexibility index (Phi) is 27.4. The van der Waals surface area contributed by atoms with Crippen molar-refractivity contribution >= 4 is 0 Å². The van der Waals surface area contributed by atoms with E-state index in [1.165, 1.54) is 154 Å². The minimum atomic E-state index is 0.178. The van der Waals surface area contributed by atoms with Crippen LogP contribution in [0.15, 0.2) is 0 Å². The molecule has 1 aliphatic rings. The number of hydrogen-bond donors (Lipinski definition) is 1. The minimum Gasteiger partial charge on any atom is -0.377 e. The summed E-state index contributed by atoms with van der Waals surface area (Å²) in [5, 5.41) is 3.59. The highest BCUT2D eigenvalue weighted by Crippen LogP contribution is 2.18. The zero-order chi connectivity index (χ0) is 28.9. The molecule has 1 rings (SSSR count). The molecule has 0 aromatic carbocycles. The van der Waals surface area contributed by atoms with Gasteiger partial charge in [-0.2, -0.15) is 0 Å². The van der Waals surface area contributed by atoms with Gasteiger partial charge in [-0.25, -0.2) is 0 Å². The van der Waals surface area contributed by atoms with Crippen molar-refractivity contribution in [3.63, 3.8) is 0 Å². The molecule has 1 saturated heterocycles.